The first-order valence-corrected chi connectivity index (χ1v) is 4.90. The van der Waals surface area contributed by atoms with Crippen LogP contribution in [0, 0.1) is 12.3 Å². The Morgan fingerprint density at radius 3 is 3.07 bits per heavy atom. The van der Waals surface area contributed by atoms with Gasteiger partial charge in [-0.25, -0.2) is 0 Å². The standard InChI is InChI=1S/C11H17N3/c1-4-5-6-8-12-10(2)11-7-9-13-14(11)3/h1,7,9-10,12H,5-6,8H2,2-3H3. The van der Waals surface area contributed by atoms with Gasteiger partial charge in [-0.3, -0.25) is 4.68 Å². The van der Waals surface area contributed by atoms with Gasteiger partial charge in [-0.1, -0.05) is 0 Å². The molecule has 0 amide bonds. The van der Waals surface area contributed by atoms with Crippen LogP contribution in [0.25, 0.3) is 0 Å². The SMILES string of the molecule is C#CCCCNC(C)c1ccnn1C. The molecule has 1 N–H and O–H groups in total. The molecule has 0 aromatic carbocycles. The number of hydrogen-bond acceptors (Lipinski definition) is 2. The van der Waals surface area contributed by atoms with E-state index >= 15 is 0 Å². The Labute approximate surface area is 85.5 Å². The third-order valence-corrected chi connectivity index (χ3v) is 2.25. The number of aryl methyl sites for hydroxylation is 1. The van der Waals surface area contributed by atoms with Crippen molar-refractivity contribution in [2.24, 2.45) is 7.05 Å². The molecule has 1 aromatic rings. The van der Waals surface area contributed by atoms with Crippen LogP contribution in [0.5, 0.6) is 0 Å². The normalized spacial score (nSPS) is 12.4. The molecule has 3 nitrogen and oxygen atoms in total. The van der Waals surface area contributed by atoms with E-state index < -0.39 is 0 Å². The molecule has 76 valence electrons. The van der Waals surface area contributed by atoms with Gasteiger partial charge < -0.3 is 5.32 Å². The van der Waals surface area contributed by atoms with E-state index in [4.69, 9.17) is 6.42 Å². The Balaban J connectivity index is 2.33. The summed E-state index contributed by atoms with van der Waals surface area (Å²) in [5.74, 6) is 2.63. The van der Waals surface area contributed by atoms with Gasteiger partial charge in [-0.15, -0.1) is 12.3 Å². The van der Waals surface area contributed by atoms with Crippen molar-refractivity contribution in [3.8, 4) is 12.3 Å². The topological polar surface area (TPSA) is 29.9 Å². The molecule has 3 heteroatoms. The summed E-state index contributed by atoms with van der Waals surface area (Å²) in [6.07, 6.45) is 8.85. The highest BCUT2D eigenvalue weighted by Gasteiger charge is 2.07. The Hall–Kier alpha value is -1.27. The lowest BCUT2D eigenvalue weighted by Gasteiger charge is -2.13. The summed E-state index contributed by atoms with van der Waals surface area (Å²) in [5.41, 5.74) is 1.20. The second-order valence-electron chi connectivity index (χ2n) is 3.36. The molecule has 1 heterocycles. The van der Waals surface area contributed by atoms with Crippen molar-refractivity contribution in [2.75, 3.05) is 6.54 Å². The second-order valence-corrected chi connectivity index (χ2v) is 3.36. The molecule has 0 saturated heterocycles. The van der Waals surface area contributed by atoms with Crippen LogP contribution in [-0.4, -0.2) is 16.3 Å². The summed E-state index contributed by atoms with van der Waals surface area (Å²) < 4.78 is 1.89. The highest BCUT2D eigenvalue weighted by molar-refractivity contribution is 5.05. The summed E-state index contributed by atoms with van der Waals surface area (Å²) in [4.78, 5) is 0. The highest BCUT2D eigenvalue weighted by atomic mass is 15.3. The molecule has 0 spiro atoms. The number of rotatable bonds is 5. The predicted octanol–water partition coefficient (Wildman–Crippen LogP) is 1.48. The van der Waals surface area contributed by atoms with E-state index in [1.165, 1.54) is 5.69 Å². The van der Waals surface area contributed by atoms with Gasteiger partial charge in [0.15, 0.2) is 0 Å². The van der Waals surface area contributed by atoms with Crippen LogP contribution >= 0.6 is 0 Å². The van der Waals surface area contributed by atoms with Crippen molar-refractivity contribution in [2.45, 2.75) is 25.8 Å². The van der Waals surface area contributed by atoms with Crippen molar-refractivity contribution in [3.63, 3.8) is 0 Å². The number of hydrogen-bond donors (Lipinski definition) is 1. The Bertz CT molecular complexity index is 309. The Morgan fingerprint density at radius 1 is 1.71 bits per heavy atom. The summed E-state index contributed by atoms with van der Waals surface area (Å²) in [6, 6.07) is 2.36. The first-order valence-electron chi connectivity index (χ1n) is 4.90. The zero-order valence-electron chi connectivity index (χ0n) is 8.83. The van der Waals surface area contributed by atoms with Crippen LogP contribution in [0.4, 0.5) is 0 Å². The Kier molecular flexibility index (Phi) is 4.21. The van der Waals surface area contributed by atoms with E-state index in [1.54, 1.807) is 0 Å². The van der Waals surface area contributed by atoms with E-state index in [0.717, 1.165) is 19.4 Å². The summed E-state index contributed by atoms with van der Waals surface area (Å²) >= 11 is 0. The smallest absolute Gasteiger partial charge is 0.0547 e. The first kappa shape index (κ1) is 10.8. The molecular formula is C11H17N3. The van der Waals surface area contributed by atoms with E-state index in [-0.39, 0.29) is 0 Å². The van der Waals surface area contributed by atoms with Crippen molar-refractivity contribution < 1.29 is 0 Å². The van der Waals surface area contributed by atoms with Crippen LogP contribution in [0.15, 0.2) is 12.3 Å². The fraction of sp³-hybridized carbons (Fsp3) is 0.545. The van der Waals surface area contributed by atoms with E-state index in [2.05, 4.69) is 23.3 Å². The van der Waals surface area contributed by atoms with Crippen LogP contribution < -0.4 is 5.32 Å². The third kappa shape index (κ3) is 2.90. The van der Waals surface area contributed by atoms with Gasteiger partial charge in [0.1, 0.15) is 0 Å². The van der Waals surface area contributed by atoms with Crippen molar-refractivity contribution >= 4 is 0 Å². The number of terminal acetylenes is 1. The fourth-order valence-corrected chi connectivity index (χ4v) is 1.42. The van der Waals surface area contributed by atoms with Gasteiger partial charge in [0.2, 0.25) is 0 Å². The zero-order valence-corrected chi connectivity index (χ0v) is 8.83. The van der Waals surface area contributed by atoms with Gasteiger partial charge in [-0.05, 0) is 26.0 Å². The third-order valence-electron chi connectivity index (χ3n) is 2.25. The Morgan fingerprint density at radius 2 is 2.50 bits per heavy atom. The summed E-state index contributed by atoms with van der Waals surface area (Å²) in [6.45, 7) is 3.09. The molecule has 0 bridgehead atoms. The molecule has 0 aliphatic carbocycles. The van der Waals surface area contributed by atoms with Gasteiger partial charge >= 0.3 is 0 Å². The van der Waals surface area contributed by atoms with E-state index in [0.29, 0.717) is 6.04 Å². The first-order chi connectivity index (χ1) is 6.75. The second kappa shape index (κ2) is 5.46. The molecular weight excluding hydrogens is 174 g/mol. The number of nitrogens with zero attached hydrogens (tertiary/aromatic N) is 2. The molecule has 0 aliphatic rings. The molecule has 1 aromatic heterocycles. The summed E-state index contributed by atoms with van der Waals surface area (Å²) in [7, 11) is 1.95. The zero-order chi connectivity index (χ0) is 10.4. The van der Waals surface area contributed by atoms with Crippen LogP contribution in [-0.2, 0) is 7.05 Å². The minimum atomic E-state index is 0.334. The molecule has 1 unspecified atom stereocenters. The van der Waals surface area contributed by atoms with E-state index in [1.807, 2.05) is 24.0 Å². The minimum absolute atomic E-state index is 0.334. The van der Waals surface area contributed by atoms with Gasteiger partial charge in [-0.2, -0.15) is 5.10 Å². The van der Waals surface area contributed by atoms with Crippen LogP contribution in [0.2, 0.25) is 0 Å². The molecule has 1 rings (SSSR count). The lowest BCUT2D eigenvalue weighted by Crippen LogP contribution is -2.21. The minimum Gasteiger partial charge on any atom is -0.309 e. The van der Waals surface area contributed by atoms with Crippen LogP contribution in [0.3, 0.4) is 0 Å². The molecule has 14 heavy (non-hydrogen) atoms. The number of aromatic nitrogens is 2. The maximum absolute atomic E-state index is 5.17. The van der Waals surface area contributed by atoms with Crippen molar-refractivity contribution in [3.05, 3.63) is 18.0 Å². The average molecular weight is 191 g/mol. The monoisotopic (exact) mass is 191 g/mol. The highest BCUT2D eigenvalue weighted by Crippen LogP contribution is 2.09. The van der Waals surface area contributed by atoms with Crippen LogP contribution in [0.1, 0.15) is 31.5 Å². The lowest BCUT2D eigenvalue weighted by molar-refractivity contribution is 0.524. The quantitative estimate of drug-likeness (QED) is 0.564. The molecule has 1 atom stereocenters. The number of nitrogens with one attached hydrogen (secondary N) is 1. The lowest BCUT2D eigenvalue weighted by atomic mass is 10.2. The fourth-order valence-electron chi connectivity index (χ4n) is 1.42. The maximum atomic E-state index is 5.17. The maximum Gasteiger partial charge on any atom is 0.0547 e. The average Bonchev–Trinajstić information content (AvgIpc) is 2.59. The predicted molar refractivity (Wildman–Crippen MR) is 57.7 cm³/mol. The van der Waals surface area contributed by atoms with Gasteiger partial charge in [0.05, 0.1) is 5.69 Å². The van der Waals surface area contributed by atoms with Crippen molar-refractivity contribution in [1.29, 1.82) is 0 Å². The van der Waals surface area contributed by atoms with E-state index in [9.17, 15) is 0 Å². The summed E-state index contributed by atoms with van der Waals surface area (Å²) in [5, 5.41) is 7.53. The molecule has 0 saturated carbocycles. The number of unbranched alkanes of at least 4 members (excludes halogenated alkanes) is 1. The molecule has 0 aliphatic heterocycles. The largest absolute Gasteiger partial charge is 0.309 e. The van der Waals surface area contributed by atoms with Crippen molar-refractivity contribution in [1.82, 2.24) is 15.1 Å². The molecule has 0 fully saturated rings. The molecule has 0 radical (unpaired) electrons. The van der Waals surface area contributed by atoms with Gasteiger partial charge in [0, 0.05) is 25.7 Å². The van der Waals surface area contributed by atoms with Gasteiger partial charge in [0.25, 0.3) is 0 Å².